The maximum Gasteiger partial charge on any atom is 0.0752 e. The lowest BCUT2D eigenvalue weighted by Crippen LogP contribution is -2.25. The number of benzene rings is 1. The normalized spacial score (nSPS) is 11.1. The zero-order chi connectivity index (χ0) is 14.9. The summed E-state index contributed by atoms with van der Waals surface area (Å²) in [5, 5.41) is 16.0. The van der Waals surface area contributed by atoms with Gasteiger partial charge in [0.25, 0.3) is 0 Å². The van der Waals surface area contributed by atoms with Crippen molar-refractivity contribution >= 4 is 5.97 Å². The predicted molar refractivity (Wildman–Crippen MR) is 76.1 cm³/mol. The van der Waals surface area contributed by atoms with Gasteiger partial charge >= 0.3 is 0 Å². The van der Waals surface area contributed by atoms with Crippen LogP contribution in [0.4, 0.5) is 0 Å². The topological polar surface area (TPSA) is 57.9 Å². The van der Waals surface area contributed by atoms with Gasteiger partial charge in [-0.1, -0.05) is 39.0 Å². The molecule has 0 radical (unpaired) electrons. The summed E-state index contributed by atoms with van der Waals surface area (Å²) in [5.74, 6) is -1.11. The van der Waals surface area contributed by atoms with Gasteiger partial charge in [-0.05, 0) is 30.9 Å². The van der Waals surface area contributed by atoms with Crippen molar-refractivity contribution in [3.05, 3.63) is 46.8 Å². The summed E-state index contributed by atoms with van der Waals surface area (Å²) in [7, 11) is 0. The van der Waals surface area contributed by atoms with Crippen LogP contribution < -0.4 is 5.11 Å². The summed E-state index contributed by atoms with van der Waals surface area (Å²) in [4.78, 5) is 11.5. The Labute approximate surface area is 119 Å². The van der Waals surface area contributed by atoms with Crippen LogP contribution in [0.5, 0.6) is 0 Å². The number of aromatic nitrogens is 2. The highest BCUT2D eigenvalue weighted by Gasteiger charge is 2.20. The number of rotatable bonds is 4. The van der Waals surface area contributed by atoms with Crippen LogP contribution in [0.2, 0.25) is 0 Å². The molecule has 1 heterocycles. The molecule has 1 aromatic heterocycles. The first-order chi connectivity index (χ1) is 9.47. The summed E-state index contributed by atoms with van der Waals surface area (Å²) < 4.78 is 1.75. The highest BCUT2D eigenvalue weighted by Crippen LogP contribution is 2.25. The second kappa shape index (κ2) is 5.49. The summed E-state index contributed by atoms with van der Waals surface area (Å²) >= 11 is 0. The zero-order valence-electron chi connectivity index (χ0n) is 12.3. The van der Waals surface area contributed by atoms with Crippen LogP contribution in [-0.4, -0.2) is 15.7 Å². The van der Waals surface area contributed by atoms with Crippen molar-refractivity contribution in [1.82, 2.24) is 9.78 Å². The van der Waals surface area contributed by atoms with Gasteiger partial charge in [0.2, 0.25) is 0 Å². The summed E-state index contributed by atoms with van der Waals surface area (Å²) in [6.45, 7) is 7.80. The molecule has 0 saturated heterocycles. The third-order valence-electron chi connectivity index (χ3n) is 3.44. The third-order valence-corrected chi connectivity index (χ3v) is 3.44. The molecule has 0 bridgehead atoms. The van der Waals surface area contributed by atoms with Crippen molar-refractivity contribution < 1.29 is 9.90 Å². The number of carboxylic acids is 1. The molecule has 0 N–H and O–H groups in total. The second-order valence-electron chi connectivity index (χ2n) is 5.20. The molecule has 0 fully saturated rings. The average Bonchev–Trinajstić information content (AvgIpc) is 2.78. The van der Waals surface area contributed by atoms with Gasteiger partial charge in [0.1, 0.15) is 0 Å². The average molecular weight is 271 g/mol. The van der Waals surface area contributed by atoms with E-state index in [0.29, 0.717) is 17.8 Å². The minimum absolute atomic E-state index is 0.0402. The Morgan fingerprint density at radius 1 is 1.35 bits per heavy atom. The van der Waals surface area contributed by atoms with E-state index in [-0.39, 0.29) is 11.5 Å². The highest BCUT2D eigenvalue weighted by atomic mass is 16.4. The molecule has 0 saturated carbocycles. The Bertz CT molecular complexity index is 642. The number of carboxylic acid groups (broad SMARTS) is 1. The van der Waals surface area contributed by atoms with Crippen LogP contribution in [-0.2, 0) is 6.42 Å². The van der Waals surface area contributed by atoms with Gasteiger partial charge in [-0.15, -0.1) is 0 Å². The smallest absolute Gasteiger partial charge is 0.0752 e. The van der Waals surface area contributed by atoms with Crippen LogP contribution in [0.25, 0.3) is 5.69 Å². The van der Waals surface area contributed by atoms with Gasteiger partial charge in [0, 0.05) is 5.56 Å². The van der Waals surface area contributed by atoms with Crippen molar-refractivity contribution in [2.75, 3.05) is 0 Å². The number of aromatic carboxylic acids is 1. The van der Waals surface area contributed by atoms with Crippen molar-refractivity contribution in [2.24, 2.45) is 0 Å². The van der Waals surface area contributed by atoms with E-state index in [1.807, 2.05) is 52.0 Å². The van der Waals surface area contributed by atoms with Gasteiger partial charge in [-0.25, -0.2) is 4.68 Å². The number of nitrogens with zero attached hydrogens (tertiary/aromatic N) is 2. The fourth-order valence-electron chi connectivity index (χ4n) is 2.43. The van der Waals surface area contributed by atoms with Crippen LogP contribution in [0.1, 0.15) is 54.0 Å². The first-order valence-corrected chi connectivity index (χ1v) is 6.86. The molecule has 0 spiro atoms. The maximum absolute atomic E-state index is 11.5. The summed E-state index contributed by atoms with van der Waals surface area (Å²) in [6.07, 6.45) is 0.595. The number of hydrogen-bond donors (Lipinski definition) is 0. The minimum Gasteiger partial charge on any atom is -0.545 e. The molecule has 106 valence electrons. The minimum atomic E-state index is -1.15. The number of aryl methyl sites for hydroxylation is 1. The van der Waals surface area contributed by atoms with Crippen molar-refractivity contribution in [1.29, 1.82) is 0 Å². The SMILES string of the molecule is CCc1c(C(=O)[O-])c(C(C)C)nn1-c1ccccc1C. The fourth-order valence-corrected chi connectivity index (χ4v) is 2.43. The van der Waals surface area contributed by atoms with E-state index < -0.39 is 5.97 Å². The standard InChI is InChI=1S/C16H20N2O2/c1-5-12-14(16(19)20)15(10(2)3)17-18(12)13-9-7-6-8-11(13)4/h6-10H,5H2,1-4H3,(H,19,20)/p-1. The zero-order valence-corrected chi connectivity index (χ0v) is 12.3. The van der Waals surface area contributed by atoms with Crippen molar-refractivity contribution in [3.63, 3.8) is 0 Å². The van der Waals surface area contributed by atoms with E-state index in [1.165, 1.54) is 0 Å². The molecular formula is C16H19N2O2-. The number of carbonyl (C=O) groups is 1. The first kappa shape index (κ1) is 14.3. The predicted octanol–water partition coefficient (Wildman–Crippen LogP) is 2.23. The molecule has 1 aromatic carbocycles. The first-order valence-electron chi connectivity index (χ1n) is 6.86. The molecule has 0 aliphatic rings. The summed E-state index contributed by atoms with van der Waals surface area (Å²) in [5.41, 5.74) is 3.50. The highest BCUT2D eigenvalue weighted by molar-refractivity contribution is 5.89. The molecule has 0 aliphatic carbocycles. The molecule has 4 nitrogen and oxygen atoms in total. The van der Waals surface area contributed by atoms with E-state index in [4.69, 9.17) is 0 Å². The lowest BCUT2D eigenvalue weighted by Gasteiger charge is -2.10. The Morgan fingerprint density at radius 3 is 2.50 bits per heavy atom. The van der Waals surface area contributed by atoms with E-state index in [9.17, 15) is 9.90 Å². The molecule has 0 atom stereocenters. The quantitative estimate of drug-likeness (QED) is 0.856. The molecule has 2 aromatic rings. The van der Waals surface area contributed by atoms with Gasteiger partial charge in [-0.2, -0.15) is 5.10 Å². The maximum atomic E-state index is 11.5. The fraction of sp³-hybridized carbons (Fsp3) is 0.375. The van der Waals surface area contributed by atoms with Crippen LogP contribution >= 0.6 is 0 Å². The molecule has 2 rings (SSSR count). The number of carbonyl (C=O) groups excluding carboxylic acids is 1. The van der Waals surface area contributed by atoms with E-state index in [2.05, 4.69) is 5.10 Å². The second-order valence-corrected chi connectivity index (χ2v) is 5.20. The Balaban J connectivity index is 2.75. The summed E-state index contributed by atoms with van der Waals surface area (Å²) in [6, 6.07) is 7.82. The largest absolute Gasteiger partial charge is 0.545 e. The van der Waals surface area contributed by atoms with Crippen LogP contribution in [0, 0.1) is 6.92 Å². The third kappa shape index (κ3) is 2.33. The lowest BCUT2D eigenvalue weighted by molar-refractivity contribution is -0.255. The van der Waals surface area contributed by atoms with Crippen LogP contribution in [0.3, 0.4) is 0 Å². The molecule has 0 aliphatic heterocycles. The van der Waals surface area contributed by atoms with Gasteiger partial charge in [0.15, 0.2) is 0 Å². The lowest BCUT2D eigenvalue weighted by atomic mass is 10.0. The Morgan fingerprint density at radius 2 is 2.00 bits per heavy atom. The van der Waals surface area contributed by atoms with Gasteiger partial charge in [-0.3, -0.25) is 0 Å². The van der Waals surface area contributed by atoms with Crippen LogP contribution in [0.15, 0.2) is 24.3 Å². The Hall–Kier alpha value is -2.10. The van der Waals surface area contributed by atoms with E-state index >= 15 is 0 Å². The van der Waals surface area contributed by atoms with E-state index in [0.717, 1.165) is 11.3 Å². The molecule has 0 unspecified atom stereocenters. The number of hydrogen-bond acceptors (Lipinski definition) is 3. The van der Waals surface area contributed by atoms with E-state index in [1.54, 1.807) is 4.68 Å². The molecular weight excluding hydrogens is 252 g/mol. The molecule has 20 heavy (non-hydrogen) atoms. The van der Waals surface area contributed by atoms with Gasteiger partial charge in [0.05, 0.1) is 23.0 Å². The molecule has 4 heteroatoms. The Kier molecular flexibility index (Phi) is 3.93. The molecule has 0 amide bonds. The van der Waals surface area contributed by atoms with Crippen molar-refractivity contribution in [3.8, 4) is 5.69 Å². The number of para-hydroxylation sites is 1. The van der Waals surface area contributed by atoms with Crippen molar-refractivity contribution in [2.45, 2.75) is 40.0 Å². The monoisotopic (exact) mass is 271 g/mol. The van der Waals surface area contributed by atoms with Gasteiger partial charge < -0.3 is 9.90 Å².